The first-order valence-electron chi connectivity index (χ1n) is 5.30. The summed E-state index contributed by atoms with van der Waals surface area (Å²) in [5, 5.41) is 0. The van der Waals surface area contributed by atoms with Crippen LogP contribution < -0.4 is 0 Å². The van der Waals surface area contributed by atoms with Crippen LogP contribution in [0.2, 0.25) is 0 Å². The van der Waals surface area contributed by atoms with Gasteiger partial charge in [0.05, 0.1) is 0 Å². The lowest BCUT2D eigenvalue weighted by molar-refractivity contribution is -0.171. The molecule has 0 aliphatic heterocycles. The lowest BCUT2D eigenvalue weighted by atomic mass is 9.90. The Hall–Kier alpha value is -1.46. The molecule has 1 saturated carbocycles. The average molecular weight is 264 g/mol. The molecule has 0 bridgehead atoms. The van der Waals surface area contributed by atoms with Gasteiger partial charge in [-0.15, -0.1) is 0 Å². The minimum atomic E-state index is -4.93. The molecule has 0 saturated heterocycles. The summed E-state index contributed by atoms with van der Waals surface area (Å²) in [6.45, 7) is 0. The highest BCUT2D eigenvalue weighted by Gasteiger charge is 2.52. The third-order valence-electron chi connectivity index (χ3n) is 3.17. The van der Waals surface area contributed by atoms with Gasteiger partial charge in [-0.3, -0.25) is 4.79 Å². The molecule has 1 fully saturated rings. The highest BCUT2D eigenvalue weighted by molar-refractivity contribution is 5.85. The SMILES string of the molecule is O=C(CC1(c2cc(F)ccc2F)CC1)C(F)(F)F. The van der Waals surface area contributed by atoms with Gasteiger partial charge < -0.3 is 0 Å². The van der Waals surface area contributed by atoms with Crippen molar-refractivity contribution in [2.75, 3.05) is 0 Å². The average Bonchev–Trinajstić information content (AvgIpc) is 3.01. The van der Waals surface area contributed by atoms with Gasteiger partial charge in [0.25, 0.3) is 0 Å². The van der Waals surface area contributed by atoms with Crippen LogP contribution in [0.5, 0.6) is 0 Å². The first-order valence-corrected chi connectivity index (χ1v) is 5.30. The number of carbonyl (C=O) groups is 1. The second-order valence-corrected chi connectivity index (χ2v) is 4.50. The molecule has 1 aromatic rings. The maximum absolute atomic E-state index is 13.5. The maximum atomic E-state index is 13.5. The van der Waals surface area contributed by atoms with Crippen LogP contribution in [-0.2, 0) is 10.2 Å². The van der Waals surface area contributed by atoms with E-state index in [-0.39, 0.29) is 18.4 Å². The number of alkyl halides is 3. The normalized spacial score (nSPS) is 17.6. The quantitative estimate of drug-likeness (QED) is 0.763. The van der Waals surface area contributed by atoms with Crippen molar-refractivity contribution in [1.29, 1.82) is 0 Å². The topological polar surface area (TPSA) is 17.1 Å². The van der Waals surface area contributed by atoms with Gasteiger partial charge in [0.15, 0.2) is 0 Å². The first-order chi connectivity index (χ1) is 8.24. The Kier molecular flexibility index (Phi) is 2.91. The zero-order chi connectivity index (χ0) is 13.6. The van der Waals surface area contributed by atoms with E-state index in [4.69, 9.17) is 0 Å². The van der Waals surface area contributed by atoms with E-state index in [1.807, 2.05) is 0 Å². The molecule has 1 aliphatic carbocycles. The summed E-state index contributed by atoms with van der Waals surface area (Å²) in [5.41, 5.74) is -1.32. The molecule has 6 heteroatoms. The van der Waals surface area contributed by atoms with Crippen molar-refractivity contribution >= 4 is 5.78 Å². The lowest BCUT2D eigenvalue weighted by Gasteiger charge is -2.16. The summed E-state index contributed by atoms with van der Waals surface area (Å²) in [6, 6.07) is 2.62. The van der Waals surface area contributed by atoms with Crippen molar-refractivity contribution in [1.82, 2.24) is 0 Å². The third kappa shape index (κ3) is 2.37. The van der Waals surface area contributed by atoms with Crippen LogP contribution in [0.3, 0.4) is 0 Å². The Morgan fingerprint density at radius 3 is 2.33 bits per heavy atom. The summed E-state index contributed by atoms with van der Waals surface area (Å²) >= 11 is 0. The molecule has 0 unspecified atom stereocenters. The van der Waals surface area contributed by atoms with E-state index < -0.39 is 35.4 Å². The van der Waals surface area contributed by atoms with Crippen LogP contribution in [-0.4, -0.2) is 12.0 Å². The number of rotatable bonds is 3. The number of carbonyl (C=O) groups excluding carboxylic acids is 1. The molecule has 2 rings (SSSR count). The molecule has 0 N–H and O–H groups in total. The Labute approximate surface area is 99.6 Å². The van der Waals surface area contributed by atoms with Crippen LogP contribution in [0, 0.1) is 11.6 Å². The Bertz CT molecular complexity index is 488. The monoisotopic (exact) mass is 264 g/mol. The molecule has 0 radical (unpaired) electrons. The number of benzene rings is 1. The first kappa shape index (κ1) is 13.0. The van der Waals surface area contributed by atoms with Crippen LogP contribution in [0.25, 0.3) is 0 Å². The van der Waals surface area contributed by atoms with Gasteiger partial charge in [-0.2, -0.15) is 13.2 Å². The molecule has 1 aliphatic rings. The molecule has 18 heavy (non-hydrogen) atoms. The number of Topliss-reactive ketones (excluding diaryl/α,β-unsaturated/α-hetero) is 1. The largest absolute Gasteiger partial charge is 0.450 e. The van der Waals surface area contributed by atoms with E-state index in [2.05, 4.69) is 0 Å². The molecular weight excluding hydrogens is 255 g/mol. The molecule has 0 spiro atoms. The highest BCUT2D eigenvalue weighted by Crippen LogP contribution is 2.52. The van der Waals surface area contributed by atoms with Crippen LogP contribution >= 0.6 is 0 Å². The van der Waals surface area contributed by atoms with Gasteiger partial charge in [0, 0.05) is 11.8 Å². The third-order valence-corrected chi connectivity index (χ3v) is 3.17. The van der Waals surface area contributed by atoms with E-state index in [1.165, 1.54) is 0 Å². The fraction of sp³-hybridized carbons (Fsp3) is 0.417. The molecule has 1 nitrogen and oxygen atoms in total. The lowest BCUT2D eigenvalue weighted by Crippen LogP contribution is -2.27. The van der Waals surface area contributed by atoms with E-state index in [1.54, 1.807) is 0 Å². The van der Waals surface area contributed by atoms with Crippen molar-refractivity contribution in [3.05, 3.63) is 35.4 Å². The minimum Gasteiger partial charge on any atom is -0.290 e. The molecule has 98 valence electrons. The number of halogens is 5. The van der Waals surface area contributed by atoms with E-state index >= 15 is 0 Å². The Morgan fingerprint density at radius 2 is 1.83 bits per heavy atom. The van der Waals surface area contributed by atoms with Crippen LogP contribution in [0.1, 0.15) is 24.8 Å². The van der Waals surface area contributed by atoms with Crippen LogP contribution in [0.15, 0.2) is 18.2 Å². The maximum Gasteiger partial charge on any atom is 0.450 e. The molecule has 0 amide bonds. The van der Waals surface area contributed by atoms with Gasteiger partial charge in [-0.05, 0) is 36.6 Å². The summed E-state index contributed by atoms with van der Waals surface area (Å²) in [4.78, 5) is 10.9. The van der Waals surface area contributed by atoms with Crippen LogP contribution in [0.4, 0.5) is 22.0 Å². The minimum absolute atomic E-state index is 0.139. The van der Waals surface area contributed by atoms with Crippen molar-refractivity contribution < 1.29 is 26.7 Å². The predicted molar refractivity (Wildman–Crippen MR) is 52.9 cm³/mol. The zero-order valence-corrected chi connectivity index (χ0v) is 9.15. The standard InChI is InChI=1S/C12H9F5O/c13-7-1-2-9(14)8(5-7)11(3-4-11)6-10(18)12(15,16)17/h1-2,5H,3-4,6H2. The number of ketones is 1. The molecular formula is C12H9F5O. The van der Waals surface area contributed by atoms with Crippen molar-refractivity contribution in [2.45, 2.75) is 30.9 Å². The van der Waals surface area contributed by atoms with Gasteiger partial charge in [0.2, 0.25) is 5.78 Å². The van der Waals surface area contributed by atoms with Crippen molar-refractivity contribution in [3.8, 4) is 0 Å². The number of hydrogen-bond acceptors (Lipinski definition) is 1. The highest BCUT2D eigenvalue weighted by atomic mass is 19.4. The second kappa shape index (κ2) is 4.03. The predicted octanol–water partition coefficient (Wildman–Crippen LogP) is 3.52. The van der Waals surface area contributed by atoms with E-state index in [0.717, 1.165) is 18.2 Å². The zero-order valence-electron chi connectivity index (χ0n) is 9.15. The fourth-order valence-electron chi connectivity index (χ4n) is 2.00. The van der Waals surface area contributed by atoms with E-state index in [9.17, 15) is 26.7 Å². The number of hydrogen-bond donors (Lipinski definition) is 0. The molecule has 1 aromatic carbocycles. The van der Waals surface area contributed by atoms with Crippen molar-refractivity contribution in [2.24, 2.45) is 0 Å². The van der Waals surface area contributed by atoms with Gasteiger partial charge in [-0.1, -0.05) is 0 Å². The van der Waals surface area contributed by atoms with Gasteiger partial charge in [0.1, 0.15) is 11.6 Å². The summed E-state index contributed by atoms with van der Waals surface area (Å²) < 4.78 is 63.1. The fourth-order valence-corrected chi connectivity index (χ4v) is 2.00. The molecule has 0 atom stereocenters. The Balaban J connectivity index is 2.27. The molecule has 0 aromatic heterocycles. The summed E-state index contributed by atoms with van der Waals surface area (Å²) in [5.74, 6) is -3.40. The van der Waals surface area contributed by atoms with E-state index in [0.29, 0.717) is 0 Å². The molecule has 0 heterocycles. The van der Waals surface area contributed by atoms with Gasteiger partial charge >= 0.3 is 6.18 Å². The van der Waals surface area contributed by atoms with Gasteiger partial charge in [-0.25, -0.2) is 8.78 Å². The van der Waals surface area contributed by atoms with Crippen molar-refractivity contribution in [3.63, 3.8) is 0 Å². The summed E-state index contributed by atoms with van der Waals surface area (Å²) in [7, 11) is 0. The Morgan fingerprint density at radius 1 is 1.22 bits per heavy atom. The smallest absolute Gasteiger partial charge is 0.290 e. The summed E-state index contributed by atoms with van der Waals surface area (Å²) in [6.07, 6.45) is -5.24. The second-order valence-electron chi connectivity index (χ2n) is 4.50.